The van der Waals surface area contributed by atoms with Crippen LogP contribution in [0.15, 0.2) is 34.3 Å². The molecular formula is C13H15BrFN. The van der Waals surface area contributed by atoms with E-state index in [9.17, 15) is 4.39 Å². The van der Waals surface area contributed by atoms with E-state index in [4.69, 9.17) is 5.73 Å². The Kier molecular flexibility index (Phi) is 3.77. The van der Waals surface area contributed by atoms with Gasteiger partial charge in [0.15, 0.2) is 0 Å². The molecule has 0 bridgehead atoms. The van der Waals surface area contributed by atoms with Gasteiger partial charge in [-0.05, 0) is 43.4 Å². The molecule has 1 aliphatic carbocycles. The molecule has 3 heteroatoms. The van der Waals surface area contributed by atoms with Gasteiger partial charge in [0.1, 0.15) is 5.82 Å². The lowest BCUT2D eigenvalue weighted by Crippen LogP contribution is -2.20. The van der Waals surface area contributed by atoms with Crippen LogP contribution in [0, 0.1) is 5.82 Å². The second-order valence-corrected chi connectivity index (χ2v) is 5.15. The zero-order valence-corrected chi connectivity index (χ0v) is 10.6. The van der Waals surface area contributed by atoms with Crippen LogP contribution in [0.25, 0.3) is 0 Å². The van der Waals surface area contributed by atoms with Crippen LogP contribution in [-0.4, -0.2) is 6.04 Å². The van der Waals surface area contributed by atoms with Crippen molar-refractivity contribution in [1.29, 1.82) is 0 Å². The van der Waals surface area contributed by atoms with Crippen molar-refractivity contribution in [3.8, 4) is 0 Å². The number of benzene rings is 1. The van der Waals surface area contributed by atoms with Gasteiger partial charge < -0.3 is 5.73 Å². The molecule has 0 aromatic heterocycles. The van der Waals surface area contributed by atoms with Crippen LogP contribution in [0.4, 0.5) is 4.39 Å². The summed E-state index contributed by atoms with van der Waals surface area (Å²) in [6.45, 7) is 0. The van der Waals surface area contributed by atoms with Crippen molar-refractivity contribution in [3.05, 3.63) is 45.7 Å². The monoisotopic (exact) mass is 283 g/mol. The first-order chi connectivity index (χ1) is 7.65. The summed E-state index contributed by atoms with van der Waals surface area (Å²) in [4.78, 5) is 0. The molecule has 1 aromatic rings. The molecule has 0 amide bonds. The van der Waals surface area contributed by atoms with Gasteiger partial charge in [0.25, 0.3) is 0 Å². The molecule has 0 spiro atoms. The first-order valence-electron chi connectivity index (χ1n) is 5.54. The van der Waals surface area contributed by atoms with Crippen molar-refractivity contribution >= 4 is 15.9 Å². The standard InChI is InChI=1S/C13H15BrFN/c14-13-8-11(15)5-4-10(13)6-9-2-1-3-12(16)7-9/h4-5,7-8,12H,1-3,6,16H2. The molecule has 0 fully saturated rings. The van der Waals surface area contributed by atoms with Crippen molar-refractivity contribution in [2.45, 2.75) is 31.7 Å². The lowest BCUT2D eigenvalue weighted by molar-refractivity contribution is 0.615. The molecule has 0 heterocycles. The maximum atomic E-state index is 12.9. The maximum absolute atomic E-state index is 12.9. The predicted octanol–water partition coefficient (Wildman–Crippen LogP) is 3.57. The van der Waals surface area contributed by atoms with Gasteiger partial charge in [0.05, 0.1) is 0 Å². The van der Waals surface area contributed by atoms with Gasteiger partial charge in [0.2, 0.25) is 0 Å². The topological polar surface area (TPSA) is 26.0 Å². The molecule has 0 radical (unpaired) electrons. The molecule has 1 atom stereocenters. The summed E-state index contributed by atoms with van der Waals surface area (Å²) < 4.78 is 13.8. The van der Waals surface area contributed by atoms with Crippen molar-refractivity contribution in [3.63, 3.8) is 0 Å². The highest BCUT2D eigenvalue weighted by atomic mass is 79.9. The zero-order chi connectivity index (χ0) is 11.5. The van der Waals surface area contributed by atoms with Gasteiger partial charge in [-0.1, -0.05) is 33.6 Å². The van der Waals surface area contributed by atoms with Crippen molar-refractivity contribution in [2.75, 3.05) is 0 Å². The Balaban J connectivity index is 2.14. The molecule has 1 aliphatic rings. The van der Waals surface area contributed by atoms with Gasteiger partial charge in [0, 0.05) is 10.5 Å². The number of nitrogens with two attached hydrogens (primary N) is 1. The average Bonchev–Trinajstić information content (AvgIpc) is 2.22. The number of hydrogen-bond acceptors (Lipinski definition) is 1. The Hall–Kier alpha value is -0.670. The summed E-state index contributed by atoms with van der Waals surface area (Å²) in [6.07, 6.45) is 6.37. The summed E-state index contributed by atoms with van der Waals surface area (Å²) >= 11 is 3.39. The Morgan fingerprint density at radius 3 is 2.94 bits per heavy atom. The van der Waals surface area contributed by atoms with Crippen molar-refractivity contribution in [2.24, 2.45) is 5.73 Å². The van der Waals surface area contributed by atoms with E-state index in [1.807, 2.05) is 6.07 Å². The SMILES string of the molecule is NC1C=C(Cc2ccc(F)cc2Br)CCC1. The quantitative estimate of drug-likeness (QED) is 0.825. The minimum absolute atomic E-state index is 0.197. The van der Waals surface area contributed by atoms with E-state index in [2.05, 4.69) is 22.0 Å². The summed E-state index contributed by atoms with van der Waals surface area (Å²) in [5, 5.41) is 0. The van der Waals surface area contributed by atoms with Crippen LogP contribution >= 0.6 is 15.9 Å². The van der Waals surface area contributed by atoms with E-state index in [0.29, 0.717) is 0 Å². The molecule has 86 valence electrons. The van der Waals surface area contributed by atoms with Crippen LogP contribution in [-0.2, 0) is 6.42 Å². The van der Waals surface area contributed by atoms with E-state index in [-0.39, 0.29) is 11.9 Å². The molecule has 0 saturated heterocycles. The Morgan fingerprint density at radius 1 is 1.44 bits per heavy atom. The van der Waals surface area contributed by atoms with E-state index in [1.54, 1.807) is 0 Å². The minimum Gasteiger partial charge on any atom is -0.324 e. The number of allylic oxidation sites excluding steroid dienone is 1. The van der Waals surface area contributed by atoms with Gasteiger partial charge in [-0.15, -0.1) is 0 Å². The lowest BCUT2D eigenvalue weighted by atomic mass is 9.92. The maximum Gasteiger partial charge on any atom is 0.124 e. The highest BCUT2D eigenvalue weighted by molar-refractivity contribution is 9.10. The molecule has 1 nitrogen and oxygen atoms in total. The summed E-state index contributed by atoms with van der Waals surface area (Å²) in [5.74, 6) is -0.204. The molecule has 2 N–H and O–H groups in total. The number of halogens is 2. The third-order valence-corrected chi connectivity index (χ3v) is 3.66. The first kappa shape index (κ1) is 11.8. The average molecular weight is 284 g/mol. The second-order valence-electron chi connectivity index (χ2n) is 4.29. The predicted molar refractivity (Wildman–Crippen MR) is 67.7 cm³/mol. The fourth-order valence-electron chi connectivity index (χ4n) is 2.09. The third-order valence-electron chi connectivity index (χ3n) is 2.92. The van der Waals surface area contributed by atoms with Crippen LogP contribution in [0.1, 0.15) is 24.8 Å². The molecular weight excluding hydrogens is 269 g/mol. The highest BCUT2D eigenvalue weighted by Gasteiger charge is 2.11. The Morgan fingerprint density at radius 2 is 2.25 bits per heavy atom. The van der Waals surface area contributed by atoms with Gasteiger partial charge >= 0.3 is 0 Å². The normalized spacial score (nSPS) is 20.7. The minimum atomic E-state index is -0.204. The van der Waals surface area contributed by atoms with Gasteiger partial charge in [-0.25, -0.2) is 4.39 Å². The van der Waals surface area contributed by atoms with Gasteiger partial charge in [-0.3, -0.25) is 0 Å². The molecule has 1 unspecified atom stereocenters. The highest BCUT2D eigenvalue weighted by Crippen LogP contribution is 2.25. The Bertz CT molecular complexity index is 414. The van der Waals surface area contributed by atoms with Crippen LogP contribution in [0.3, 0.4) is 0 Å². The molecule has 1 aromatic carbocycles. The van der Waals surface area contributed by atoms with Crippen molar-refractivity contribution in [1.82, 2.24) is 0 Å². The molecule has 0 aliphatic heterocycles. The molecule has 16 heavy (non-hydrogen) atoms. The molecule has 2 rings (SSSR count). The second kappa shape index (κ2) is 5.11. The van der Waals surface area contributed by atoms with Gasteiger partial charge in [-0.2, -0.15) is 0 Å². The summed E-state index contributed by atoms with van der Waals surface area (Å²) in [5.41, 5.74) is 8.39. The fourth-order valence-corrected chi connectivity index (χ4v) is 2.58. The largest absolute Gasteiger partial charge is 0.324 e. The van der Waals surface area contributed by atoms with E-state index < -0.39 is 0 Å². The van der Waals surface area contributed by atoms with E-state index in [0.717, 1.165) is 35.7 Å². The smallest absolute Gasteiger partial charge is 0.124 e. The first-order valence-corrected chi connectivity index (χ1v) is 6.33. The summed E-state index contributed by atoms with van der Waals surface area (Å²) in [6, 6.07) is 5.05. The van der Waals surface area contributed by atoms with Crippen LogP contribution in [0.2, 0.25) is 0 Å². The van der Waals surface area contributed by atoms with Crippen LogP contribution in [0.5, 0.6) is 0 Å². The van der Waals surface area contributed by atoms with Crippen LogP contribution < -0.4 is 5.73 Å². The van der Waals surface area contributed by atoms with E-state index >= 15 is 0 Å². The number of rotatable bonds is 2. The van der Waals surface area contributed by atoms with E-state index in [1.165, 1.54) is 17.7 Å². The Labute approximate surface area is 104 Å². The molecule has 0 saturated carbocycles. The number of hydrogen-bond donors (Lipinski definition) is 1. The lowest BCUT2D eigenvalue weighted by Gasteiger charge is -2.18. The van der Waals surface area contributed by atoms with Crippen molar-refractivity contribution < 1.29 is 4.39 Å². The summed E-state index contributed by atoms with van der Waals surface area (Å²) in [7, 11) is 0. The fraction of sp³-hybridized carbons (Fsp3) is 0.385. The zero-order valence-electron chi connectivity index (χ0n) is 9.05. The third kappa shape index (κ3) is 2.92.